The van der Waals surface area contributed by atoms with E-state index in [1.165, 1.54) is 46.2 Å². The third kappa shape index (κ3) is 5.75. The van der Waals surface area contributed by atoms with E-state index < -0.39 is 29.5 Å². The van der Waals surface area contributed by atoms with Crippen molar-refractivity contribution in [2.45, 2.75) is 0 Å². The second kappa shape index (κ2) is 10.2. The van der Waals surface area contributed by atoms with Crippen LogP contribution in [0.25, 0.3) is 0 Å². The molecule has 0 saturated carbocycles. The molecule has 1 fully saturated rings. The molecular formula is C24H20F3N5O3. The molecule has 11 heteroatoms. The normalized spacial score (nSPS) is 13.3. The zero-order chi connectivity index (χ0) is 24.9. The number of aromatic nitrogens is 1. The quantitative estimate of drug-likeness (QED) is 0.553. The molecule has 1 aliphatic heterocycles. The molecule has 8 nitrogen and oxygen atoms in total. The number of amides is 4. The summed E-state index contributed by atoms with van der Waals surface area (Å²) in [5, 5.41) is 4.98. The molecule has 2 aromatic carbocycles. The van der Waals surface area contributed by atoms with Crippen molar-refractivity contribution < 1.29 is 27.6 Å². The fourth-order valence-corrected chi connectivity index (χ4v) is 3.54. The van der Waals surface area contributed by atoms with Gasteiger partial charge in [-0.3, -0.25) is 9.59 Å². The van der Waals surface area contributed by atoms with Gasteiger partial charge in [0.25, 0.3) is 11.8 Å². The number of hydrogen-bond donors (Lipinski definition) is 2. The van der Waals surface area contributed by atoms with Crippen LogP contribution in [-0.4, -0.2) is 58.8 Å². The molecule has 1 aromatic heterocycles. The Hall–Kier alpha value is -4.41. The van der Waals surface area contributed by atoms with E-state index >= 15 is 0 Å². The van der Waals surface area contributed by atoms with Crippen molar-refractivity contribution in [3.05, 3.63) is 89.5 Å². The Kier molecular flexibility index (Phi) is 6.95. The SMILES string of the molecule is O=C(Nc1ccc(F)nc1)c1ccc(NC(=O)N2CCN(C(=O)c3cccc(F)c3)CC2)cc1F. The number of pyridine rings is 1. The van der Waals surface area contributed by atoms with Gasteiger partial charge in [0.1, 0.15) is 11.6 Å². The highest BCUT2D eigenvalue weighted by Gasteiger charge is 2.25. The zero-order valence-corrected chi connectivity index (χ0v) is 18.3. The number of carbonyl (C=O) groups excluding carboxylic acids is 3. The molecule has 1 aliphatic rings. The molecule has 35 heavy (non-hydrogen) atoms. The van der Waals surface area contributed by atoms with Crippen molar-refractivity contribution in [2.24, 2.45) is 0 Å². The number of urea groups is 1. The molecule has 0 atom stereocenters. The number of piperazine rings is 1. The molecule has 0 bridgehead atoms. The number of halogens is 3. The standard InChI is InChI=1S/C24H20F3N5O3/c25-16-3-1-2-15(12-16)23(34)31-8-10-32(11-9-31)24(35)30-17-4-6-19(20(26)13-17)22(33)29-18-5-7-21(27)28-14-18/h1-7,12-14H,8-11H2,(H,29,33)(H,30,35). The minimum Gasteiger partial charge on any atom is -0.335 e. The molecule has 0 spiro atoms. The van der Waals surface area contributed by atoms with Gasteiger partial charge in [0.2, 0.25) is 5.95 Å². The summed E-state index contributed by atoms with van der Waals surface area (Å²) in [6, 6.07) is 10.9. The van der Waals surface area contributed by atoms with E-state index in [2.05, 4.69) is 15.6 Å². The van der Waals surface area contributed by atoms with Crippen LogP contribution in [0.5, 0.6) is 0 Å². The molecule has 4 amide bonds. The molecule has 0 unspecified atom stereocenters. The van der Waals surface area contributed by atoms with E-state index in [1.807, 2.05) is 0 Å². The van der Waals surface area contributed by atoms with Gasteiger partial charge in [-0.05, 0) is 48.5 Å². The van der Waals surface area contributed by atoms with E-state index in [1.54, 1.807) is 0 Å². The van der Waals surface area contributed by atoms with E-state index in [0.29, 0.717) is 0 Å². The summed E-state index contributed by atoms with van der Waals surface area (Å²) in [5.41, 5.74) is 0.309. The van der Waals surface area contributed by atoms with Crippen LogP contribution in [-0.2, 0) is 0 Å². The van der Waals surface area contributed by atoms with Gasteiger partial charge in [0.05, 0.1) is 17.4 Å². The van der Waals surface area contributed by atoms with Gasteiger partial charge in [0.15, 0.2) is 0 Å². The summed E-state index contributed by atoms with van der Waals surface area (Å²) in [6.45, 7) is 0.992. The molecule has 4 rings (SSSR count). The number of hydrogen-bond acceptors (Lipinski definition) is 4. The van der Waals surface area contributed by atoms with Gasteiger partial charge in [-0.25, -0.2) is 18.6 Å². The van der Waals surface area contributed by atoms with Gasteiger partial charge >= 0.3 is 6.03 Å². The molecule has 0 radical (unpaired) electrons. The first-order valence-electron chi connectivity index (χ1n) is 10.6. The summed E-state index contributed by atoms with van der Waals surface area (Å²) < 4.78 is 40.8. The van der Waals surface area contributed by atoms with Crippen LogP contribution < -0.4 is 10.6 Å². The summed E-state index contributed by atoms with van der Waals surface area (Å²) in [4.78, 5) is 43.8. The Morgan fingerprint density at radius 3 is 2.17 bits per heavy atom. The maximum absolute atomic E-state index is 14.5. The van der Waals surface area contributed by atoms with E-state index in [4.69, 9.17) is 0 Å². The largest absolute Gasteiger partial charge is 0.335 e. The molecule has 180 valence electrons. The van der Waals surface area contributed by atoms with Crippen LogP contribution in [0.1, 0.15) is 20.7 Å². The highest BCUT2D eigenvalue weighted by Crippen LogP contribution is 2.18. The molecule has 1 saturated heterocycles. The first-order chi connectivity index (χ1) is 16.8. The van der Waals surface area contributed by atoms with Crippen LogP contribution in [0, 0.1) is 17.6 Å². The Morgan fingerprint density at radius 1 is 0.800 bits per heavy atom. The number of benzene rings is 2. The van der Waals surface area contributed by atoms with E-state index in [-0.39, 0.29) is 54.6 Å². The average Bonchev–Trinajstić information content (AvgIpc) is 2.85. The topological polar surface area (TPSA) is 94.6 Å². The number of nitrogens with one attached hydrogen (secondary N) is 2. The number of nitrogens with zero attached hydrogens (tertiary/aromatic N) is 3. The van der Waals surface area contributed by atoms with E-state index in [9.17, 15) is 27.6 Å². The molecule has 3 aromatic rings. The second-order valence-corrected chi connectivity index (χ2v) is 7.74. The fraction of sp³-hybridized carbons (Fsp3) is 0.167. The van der Waals surface area contributed by atoms with Crippen molar-refractivity contribution in [2.75, 3.05) is 36.8 Å². The number of anilines is 2. The van der Waals surface area contributed by atoms with Gasteiger partial charge in [0, 0.05) is 37.4 Å². The third-order valence-corrected chi connectivity index (χ3v) is 5.38. The van der Waals surface area contributed by atoms with Crippen molar-refractivity contribution in [3.8, 4) is 0 Å². The highest BCUT2D eigenvalue weighted by atomic mass is 19.1. The predicted molar refractivity (Wildman–Crippen MR) is 121 cm³/mol. The molecule has 2 N–H and O–H groups in total. The summed E-state index contributed by atoms with van der Waals surface area (Å²) in [5.74, 6) is -3.16. The van der Waals surface area contributed by atoms with Crippen LogP contribution >= 0.6 is 0 Å². The maximum Gasteiger partial charge on any atom is 0.321 e. The lowest BCUT2D eigenvalue weighted by molar-refractivity contribution is 0.0671. The van der Waals surface area contributed by atoms with Gasteiger partial charge in [-0.15, -0.1) is 0 Å². The van der Waals surface area contributed by atoms with Crippen molar-refractivity contribution >= 4 is 29.2 Å². The highest BCUT2D eigenvalue weighted by molar-refractivity contribution is 6.04. The van der Waals surface area contributed by atoms with E-state index in [0.717, 1.165) is 24.4 Å². The number of rotatable bonds is 4. The summed E-state index contributed by atoms with van der Waals surface area (Å²) in [7, 11) is 0. The zero-order valence-electron chi connectivity index (χ0n) is 18.3. The van der Waals surface area contributed by atoms with Gasteiger partial charge in [-0.2, -0.15) is 4.39 Å². The predicted octanol–water partition coefficient (Wildman–Crippen LogP) is 3.74. The van der Waals surface area contributed by atoms with Crippen LogP contribution in [0.2, 0.25) is 0 Å². The minimum absolute atomic E-state index is 0.144. The Labute approximate surface area is 198 Å². The number of carbonyl (C=O) groups is 3. The minimum atomic E-state index is -0.860. The monoisotopic (exact) mass is 483 g/mol. The molecular weight excluding hydrogens is 463 g/mol. The fourth-order valence-electron chi connectivity index (χ4n) is 3.54. The Bertz CT molecular complexity index is 1260. The lowest BCUT2D eigenvalue weighted by Gasteiger charge is -2.34. The van der Waals surface area contributed by atoms with Gasteiger partial charge < -0.3 is 20.4 Å². The molecule has 0 aliphatic carbocycles. The summed E-state index contributed by atoms with van der Waals surface area (Å²) >= 11 is 0. The lowest BCUT2D eigenvalue weighted by atomic mass is 10.1. The lowest BCUT2D eigenvalue weighted by Crippen LogP contribution is -2.51. The van der Waals surface area contributed by atoms with Crippen molar-refractivity contribution in [1.29, 1.82) is 0 Å². The average molecular weight is 483 g/mol. The van der Waals surface area contributed by atoms with Crippen molar-refractivity contribution in [1.82, 2.24) is 14.8 Å². The molecule has 2 heterocycles. The summed E-state index contributed by atoms with van der Waals surface area (Å²) in [6.07, 6.45) is 1.10. The van der Waals surface area contributed by atoms with Crippen LogP contribution in [0.15, 0.2) is 60.8 Å². The first kappa shape index (κ1) is 23.7. The third-order valence-electron chi connectivity index (χ3n) is 5.38. The van der Waals surface area contributed by atoms with Crippen molar-refractivity contribution in [3.63, 3.8) is 0 Å². The second-order valence-electron chi connectivity index (χ2n) is 7.74. The van der Waals surface area contributed by atoms with Crippen LogP contribution in [0.4, 0.5) is 29.3 Å². The Balaban J connectivity index is 1.32. The van der Waals surface area contributed by atoms with Gasteiger partial charge in [-0.1, -0.05) is 6.07 Å². The smallest absolute Gasteiger partial charge is 0.321 e. The Morgan fingerprint density at radius 2 is 1.51 bits per heavy atom. The van der Waals surface area contributed by atoms with Crippen LogP contribution in [0.3, 0.4) is 0 Å². The first-order valence-corrected chi connectivity index (χ1v) is 10.6. The maximum atomic E-state index is 14.5.